The van der Waals surface area contributed by atoms with Gasteiger partial charge in [-0.3, -0.25) is 10.1 Å². The Bertz CT molecular complexity index is 577. The summed E-state index contributed by atoms with van der Waals surface area (Å²) in [4.78, 5) is 24.2. The summed E-state index contributed by atoms with van der Waals surface area (Å²) in [7, 11) is 0. The van der Waals surface area contributed by atoms with E-state index in [1.54, 1.807) is 6.92 Å². The van der Waals surface area contributed by atoms with Crippen LogP contribution in [0.5, 0.6) is 0 Å². The number of aryl methyl sites for hydroxylation is 3. The molecule has 7 heteroatoms. The van der Waals surface area contributed by atoms with Gasteiger partial charge in [0.25, 0.3) is 0 Å². The minimum absolute atomic E-state index is 0.199. The van der Waals surface area contributed by atoms with Crippen molar-refractivity contribution in [1.82, 2.24) is 15.0 Å². The normalized spacial score (nSPS) is 10.5. The fourth-order valence-electron chi connectivity index (χ4n) is 1.45. The van der Waals surface area contributed by atoms with Gasteiger partial charge in [-0.2, -0.15) is 4.98 Å². The van der Waals surface area contributed by atoms with Gasteiger partial charge in [-0.05, 0) is 26.8 Å². The monoisotopic (exact) mass is 278 g/mol. The number of carbonyl (C=O) groups is 1. The average molecular weight is 278 g/mol. The molecule has 0 fully saturated rings. The molecule has 1 N–H and O–H groups in total. The number of oxazole rings is 1. The van der Waals surface area contributed by atoms with Crippen molar-refractivity contribution in [2.45, 2.75) is 25.9 Å². The highest BCUT2D eigenvalue weighted by atomic mass is 32.2. The van der Waals surface area contributed by atoms with E-state index in [1.807, 2.05) is 19.9 Å². The number of hydrogen-bond acceptors (Lipinski definition) is 6. The molecule has 0 radical (unpaired) electrons. The summed E-state index contributed by atoms with van der Waals surface area (Å²) in [6.45, 7) is 5.58. The van der Waals surface area contributed by atoms with Gasteiger partial charge in [0, 0.05) is 11.4 Å². The summed E-state index contributed by atoms with van der Waals surface area (Å²) in [5.74, 6) is 0.0132. The number of amides is 1. The number of thioether (sulfide) groups is 1. The second-order valence-electron chi connectivity index (χ2n) is 4.06. The van der Waals surface area contributed by atoms with Crippen LogP contribution in [0.4, 0.5) is 6.01 Å². The van der Waals surface area contributed by atoms with Crippen LogP contribution in [-0.2, 0) is 4.79 Å². The highest BCUT2D eigenvalue weighted by Gasteiger charge is 2.09. The first kappa shape index (κ1) is 13.5. The zero-order valence-corrected chi connectivity index (χ0v) is 11.7. The van der Waals surface area contributed by atoms with Crippen LogP contribution in [-0.4, -0.2) is 26.6 Å². The molecule has 0 unspecified atom stereocenters. The highest BCUT2D eigenvalue weighted by Crippen LogP contribution is 2.14. The molecule has 0 atom stereocenters. The van der Waals surface area contributed by atoms with E-state index in [0.29, 0.717) is 5.16 Å². The molecule has 0 spiro atoms. The molecule has 100 valence electrons. The van der Waals surface area contributed by atoms with Crippen LogP contribution < -0.4 is 5.32 Å². The van der Waals surface area contributed by atoms with Crippen LogP contribution in [0.15, 0.2) is 21.9 Å². The molecule has 2 aromatic heterocycles. The molecule has 19 heavy (non-hydrogen) atoms. The standard InChI is InChI=1S/C12H14N4O2S/c1-7-4-8(2)15-12(14-7)19-6-10(17)16-11-13-9(3)5-18-11/h4-5H,6H2,1-3H3,(H,13,16,17). The Labute approximate surface area is 115 Å². The smallest absolute Gasteiger partial charge is 0.301 e. The van der Waals surface area contributed by atoms with Gasteiger partial charge in [0.15, 0.2) is 5.16 Å². The quantitative estimate of drug-likeness (QED) is 0.681. The summed E-state index contributed by atoms with van der Waals surface area (Å²) in [6.07, 6.45) is 1.48. The van der Waals surface area contributed by atoms with Crippen molar-refractivity contribution in [2.24, 2.45) is 0 Å². The molecule has 0 saturated carbocycles. The van der Waals surface area contributed by atoms with Crippen LogP contribution in [0.1, 0.15) is 17.1 Å². The van der Waals surface area contributed by atoms with Crippen molar-refractivity contribution in [1.29, 1.82) is 0 Å². The largest absolute Gasteiger partial charge is 0.432 e. The Hall–Kier alpha value is -1.89. The van der Waals surface area contributed by atoms with Crippen molar-refractivity contribution in [3.8, 4) is 0 Å². The third-order valence-electron chi connectivity index (χ3n) is 2.16. The van der Waals surface area contributed by atoms with E-state index >= 15 is 0 Å². The summed E-state index contributed by atoms with van der Waals surface area (Å²) >= 11 is 1.28. The van der Waals surface area contributed by atoms with E-state index in [9.17, 15) is 4.79 Å². The maximum atomic E-state index is 11.7. The maximum Gasteiger partial charge on any atom is 0.301 e. The van der Waals surface area contributed by atoms with E-state index in [0.717, 1.165) is 17.1 Å². The molecule has 2 aromatic rings. The molecule has 1 amide bonds. The Kier molecular flexibility index (Phi) is 4.16. The molecule has 0 aliphatic heterocycles. The third kappa shape index (κ3) is 4.06. The molecular weight excluding hydrogens is 264 g/mol. The van der Waals surface area contributed by atoms with Crippen molar-refractivity contribution in [3.63, 3.8) is 0 Å². The van der Waals surface area contributed by atoms with Crippen LogP contribution in [0.3, 0.4) is 0 Å². The van der Waals surface area contributed by atoms with Crippen LogP contribution in [0.2, 0.25) is 0 Å². The second kappa shape index (κ2) is 5.83. The van der Waals surface area contributed by atoms with Gasteiger partial charge < -0.3 is 4.42 Å². The van der Waals surface area contributed by atoms with Gasteiger partial charge in [-0.1, -0.05) is 11.8 Å². The number of aromatic nitrogens is 3. The summed E-state index contributed by atoms with van der Waals surface area (Å²) in [6, 6.07) is 2.10. The number of anilines is 1. The fraction of sp³-hybridized carbons (Fsp3) is 0.333. The highest BCUT2D eigenvalue weighted by molar-refractivity contribution is 7.99. The van der Waals surface area contributed by atoms with Gasteiger partial charge >= 0.3 is 6.01 Å². The zero-order valence-electron chi connectivity index (χ0n) is 10.9. The third-order valence-corrected chi connectivity index (χ3v) is 3.01. The Morgan fingerprint density at radius 3 is 2.47 bits per heavy atom. The van der Waals surface area contributed by atoms with E-state index in [4.69, 9.17) is 4.42 Å². The van der Waals surface area contributed by atoms with E-state index in [2.05, 4.69) is 20.3 Å². The zero-order chi connectivity index (χ0) is 13.8. The molecule has 2 heterocycles. The summed E-state index contributed by atoms with van der Waals surface area (Å²) in [5, 5.41) is 3.16. The Morgan fingerprint density at radius 1 is 1.21 bits per heavy atom. The summed E-state index contributed by atoms with van der Waals surface area (Å²) < 4.78 is 5.04. The van der Waals surface area contributed by atoms with Gasteiger partial charge in [0.05, 0.1) is 11.4 Å². The first-order chi connectivity index (χ1) is 9.02. The fourth-order valence-corrected chi connectivity index (χ4v) is 2.20. The first-order valence-corrected chi connectivity index (χ1v) is 6.68. The predicted molar refractivity (Wildman–Crippen MR) is 72.1 cm³/mol. The van der Waals surface area contributed by atoms with Crippen LogP contribution in [0, 0.1) is 20.8 Å². The maximum absolute atomic E-state index is 11.7. The van der Waals surface area contributed by atoms with Crippen molar-refractivity contribution >= 4 is 23.7 Å². The number of nitrogens with one attached hydrogen (secondary N) is 1. The minimum atomic E-state index is -0.199. The number of nitrogens with zero attached hydrogens (tertiary/aromatic N) is 3. The SMILES string of the molecule is Cc1cc(C)nc(SCC(=O)Nc2nc(C)co2)n1. The van der Waals surface area contributed by atoms with Crippen molar-refractivity contribution in [3.05, 3.63) is 29.4 Å². The van der Waals surface area contributed by atoms with E-state index in [1.165, 1.54) is 18.0 Å². The lowest BCUT2D eigenvalue weighted by Gasteiger charge is -2.02. The lowest BCUT2D eigenvalue weighted by atomic mass is 10.4. The molecule has 0 aliphatic carbocycles. The van der Waals surface area contributed by atoms with Crippen molar-refractivity contribution < 1.29 is 9.21 Å². The lowest BCUT2D eigenvalue weighted by molar-refractivity contribution is -0.113. The number of rotatable bonds is 4. The van der Waals surface area contributed by atoms with Gasteiger partial charge in [-0.25, -0.2) is 9.97 Å². The van der Waals surface area contributed by atoms with Gasteiger partial charge in [0.2, 0.25) is 5.91 Å². The molecule has 0 aromatic carbocycles. The molecule has 6 nitrogen and oxygen atoms in total. The Balaban J connectivity index is 1.89. The molecular formula is C12H14N4O2S. The van der Waals surface area contributed by atoms with E-state index in [-0.39, 0.29) is 17.7 Å². The second-order valence-corrected chi connectivity index (χ2v) is 5.01. The van der Waals surface area contributed by atoms with Crippen LogP contribution in [0.25, 0.3) is 0 Å². The molecule has 2 rings (SSSR count). The predicted octanol–water partition coefficient (Wildman–Crippen LogP) is 2.12. The van der Waals surface area contributed by atoms with E-state index < -0.39 is 0 Å². The lowest BCUT2D eigenvalue weighted by Crippen LogP contribution is -2.14. The summed E-state index contributed by atoms with van der Waals surface area (Å²) in [5.41, 5.74) is 2.50. The van der Waals surface area contributed by atoms with Gasteiger partial charge in [-0.15, -0.1) is 0 Å². The molecule has 0 saturated heterocycles. The van der Waals surface area contributed by atoms with Crippen molar-refractivity contribution in [2.75, 3.05) is 11.1 Å². The molecule has 0 aliphatic rings. The van der Waals surface area contributed by atoms with Gasteiger partial charge in [0.1, 0.15) is 6.26 Å². The minimum Gasteiger partial charge on any atom is -0.432 e. The number of carbonyl (C=O) groups excluding carboxylic acids is 1. The first-order valence-electron chi connectivity index (χ1n) is 5.70. The Morgan fingerprint density at radius 2 is 1.89 bits per heavy atom. The van der Waals surface area contributed by atoms with Crippen LogP contribution >= 0.6 is 11.8 Å². The number of hydrogen-bond donors (Lipinski definition) is 1. The average Bonchev–Trinajstić information content (AvgIpc) is 2.71. The topological polar surface area (TPSA) is 80.9 Å². The molecule has 0 bridgehead atoms.